The van der Waals surface area contributed by atoms with E-state index in [4.69, 9.17) is 9.47 Å². The highest BCUT2D eigenvalue weighted by atomic mass is 35.5. The Hall–Kier alpha value is -2.08. The summed E-state index contributed by atoms with van der Waals surface area (Å²) in [5, 5.41) is 12.3. The number of piperidine rings is 1. The normalized spacial score (nSPS) is 29.7. The predicted molar refractivity (Wildman–Crippen MR) is 137 cm³/mol. The average Bonchev–Trinajstić information content (AvgIpc) is 2.82. The van der Waals surface area contributed by atoms with E-state index < -0.39 is 11.6 Å². The predicted octanol–water partition coefficient (Wildman–Crippen LogP) is 5.07. The van der Waals surface area contributed by atoms with Crippen molar-refractivity contribution in [1.29, 1.82) is 0 Å². The summed E-state index contributed by atoms with van der Waals surface area (Å²) in [4.78, 5) is 15.1. The van der Waals surface area contributed by atoms with Crippen LogP contribution in [0.15, 0.2) is 48.5 Å². The fourth-order valence-electron chi connectivity index (χ4n) is 7.19. The SMILES string of the molecule is Cl.O=C(COc1ccccc1)Oc1ccc2c(c1)[C@@]13CCCC[C@@]1(O)[C@@H](C2)N(CC1CCC1)CC3. The minimum atomic E-state index is -0.695. The third-order valence-electron chi connectivity index (χ3n) is 9.12. The van der Waals surface area contributed by atoms with Crippen LogP contribution in [-0.4, -0.2) is 47.3 Å². The Morgan fingerprint density at radius 3 is 2.57 bits per heavy atom. The Kier molecular flexibility index (Phi) is 6.86. The van der Waals surface area contributed by atoms with Gasteiger partial charge in [-0.15, -0.1) is 12.4 Å². The highest BCUT2D eigenvalue weighted by Crippen LogP contribution is 2.58. The molecule has 2 aromatic carbocycles. The number of nitrogens with zero attached hydrogens (tertiary/aromatic N) is 1. The molecule has 0 unspecified atom stereocenters. The maximum absolute atomic E-state index is 12.5. The first-order valence-corrected chi connectivity index (χ1v) is 13.1. The van der Waals surface area contributed by atoms with Gasteiger partial charge in [0.25, 0.3) is 0 Å². The van der Waals surface area contributed by atoms with E-state index in [-0.39, 0.29) is 30.5 Å². The molecule has 3 atom stereocenters. The lowest BCUT2D eigenvalue weighted by atomic mass is 9.49. The third-order valence-corrected chi connectivity index (χ3v) is 9.12. The Bertz CT molecular complexity index is 1060. The van der Waals surface area contributed by atoms with Gasteiger partial charge >= 0.3 is 5.97 Å². The number of para-hydroxylation sites is 1. The molecule has 2 saturated carbocycles. The van der Waals surface area contributed by atoms with E-state index in [0.717, 1.165) is 57.5 Å². The molecule has 0 spiro atoms. The van der Waals surface area contributed by atoms with Gasteiger partial charge in [-0.25, -0.2) is 4.79 Å². The van der Waals surface area contributed by atoms with E-state index in [1.165, 1.54) is 30.4 Å². The number of fused-ring (bicyclic) bond motifs is 1. The van der Waals surface area contributed by atoms with Crippen molar-refractivity contribution in [2.24, 2.45) is 5.92 Å². The molecule has 0 amide bonds. The number of hydrogen-bond acceptors (Lipinski definition) is 5. The van der Waals surface area contributed by atoms with Crippen LogP contribution in [0.5, 0.6) is 11.5 Å². The molecule has 1 aliphatic heterocycles. The Labute approximate surface area is 214 Å². The minimum absolute atomic E-state index is 0. The topological polar surface area (TPSA) is 59.0 Å². The monoisotopic (exact) mass is 497 g/mol. The van der Waals surface area contributed by atoms with Crippen LogP contribution >= 0.6 is 12.4 Å². The molecule has 1 N–H and O–H groups in total. The zero-order valence-corrected chi connectivity index (χ0v) is 21.1. The van der Waals surface area contributed by atoms with Crippen molar-refractivity contribution in [2.45, 2.75) is 74.8 Å². The molecule has 4 aliphatic rings. The molecule has 188 valence electrons. The molecule has 5 nitrogen and oxygen atoms in total. The standard InChI is InChI=1S/C29H35NO4.ClH/c31-27(20-33-23-9-2-1-3-10-23)34-24-12-11-22-17-26-29(32)14-5-4-13-28(29,25(22)18-24)15-16-30(26)19-21-7-6-8-21;/h1-3,9-12,18,21,26,32H,4-8,13-17,19-20H2;1H/t26-,28+,29-;/m1./s1. The van der Waals surface area contributed by atoms with Crippen molar-refractivity contribution in [1.82, 2.24) is 4.90 Å². The highest BCUT2D eigenvalue weighted by molar-refractivity contribution is 5.85. The highest BCUT2D eigenvalue weighted by Gasteiger charge is 2.63. The lowest BCUT2D eigenvalue weighted by Gasteiger charge is -2.64. The van der Waals surface area contributed by atoms with E-state index in [1.54, 1.807) is 0 Å². The Morgan fingerprint density at radius 2 is 1.80 bits per heavy atom. The van der Waals surface area contributed by atoms with Gasteiger partial charge in [0, 0.05) is 18.0 Å². The molecule has 0 radical (unpaired) electrons. The summed E-state index contributed by atoms with van der Waals surface area (Å²) in [7, 11) is 0. The second kappa shape index (κ2) is 9.76. The Morgan fingerprint density at radius 1 is 1.00 bits per heavy atom. The molecule has 6 heteroatoms. The van der Waals surface area contributed by atoms with Crippen molar-refractivity contribution in [3.63, 3.8) is 0 Å². The second-order valence-corrected chi connectivity index (χ2v) is 10.9. The molecule has 0 aromatic heterocycles. The van der Waals surface area contributed by atoms with Crippen molar-refractivity contribution in [3.8, 4) is 11.5 Å². The van der Waals surface area contributed by atoms with Crippen LogP contribution < -0.4 is 9.47 Å². The van der Waals surface area contributed by atoms with Crippen LogP contribution in [0.1, 0.15) is 62.5 Å². The van der Waals surface area contributed by atoms with Gasteiger partial charge in [-0.2, -0.15) is 0 Å². The number of aliphatic hydroxyl groups is 1. The molecule has 3 fully saturated rings. The fourth-order valence-corrected chi connectivity index (χ4v) is 7.19. The molecular formula is C29H36ClNO4. The first kappa shape index (κ1) is 24.6. The lowest BCUT2D eigenvalue weighted by molar-refractivity contribution is -0.169. The minimum Gasteiger partial charge on any atom is -0.482 e. The molecule has 2 bridgehead atoms. The van der Waals surface area contributed by atoms with Crippen LogP contribution in [0.4, 0.5) is 0 Å². The van der Waals surface area contributed by atoms with Crippen LogP contribution in [0.25, 0.3) is 0 Å². The van der Waals surface area contributed by atoms with E-state index in [0.29, 0.717) is 11.5 Å². The zero-order valence-electron chi connectivity index (χ0n) is 20.3. The quantitative estimate of drug-likeness (QED) is 0.446. The van der Waals surface area contributed by atoms with Gasteiger partial charge in [0.1, 0.15) is 11.5 Å². The number of hydrogen-bond donors (Lipinski definition) is 1. The molecule has 1 saturated heterocycles. The number of halogens is 1. The zero-order chi connectivity index (χ0) is 23.2. The largest absolute Gasteiger partial charge is 0.482 e. The van der Waals surface area contributed by atoms with Gasteiger partial charge in [0.15, 0.2) is 6.61 Å². The van der Waals surface area contributed by atoms with Gasteiger partial charge in [0.05, 0.1) is 5.60 Å². The molecule has 3 aliphatic carbocycles. The van der Waals surface area contributed by atoms with Crippen molar-refractivity contribution in [3.05, 3.63) is 59.7 Å². The number of benzene rings is 2. The molecule has 2 aromatic rings. The van der Waals surface area contributed by atoms with Gasteiger partial charge in [-0.3, -0.25) is 4.90 Å². The molecule has 1 heterocycles. The number of carbonyl (C=O) groups excluding carboxylic acids is 1. The van der Waals surface area contributed by atoms with Gasteiger partial charge in [-0.1, -0.05) is 43.5 Å². The Balaban J connectivity index is 0.00000253. The summed E-state index contributed by atoms with van der Waals surface area (Å²) < 4.78 is 11.2. The van der Waals surface area contributed by atoms with Crippen LogP contribution in [0.2, 0.25) is 0 Å². The van der Waals surface area contributed by atoms with E-state index in [2.05, 4.69) is 11.0 Å². The average molecular weight is 498 g/mol. The first-order valence-electron chi connectivity index (χ1n) is 13.1. The van der Waals surface area contributed by atoms with Crippen LogP contribution in [0.3, 0.4) is 0 Å². The first-order chi connectivity index (χ1) is 16.6. The van der Waals surface area contributed by atoms with Crippen molar-refractivity contribution >= 4 is 18.4 Å². The lowest BCUT2D eigenvalue weighted by Crippen LogP contribution is -2.72. The number of esters is 1. The summed E-state index contributed by atoms with van der Waals surface area (Å²) in [6.07, 6.45) is 10.0. The van der Waals surface area contributed by atoms with Crippen molar-refractivity contribution < 1.29 is 19.4 Å². The van der Waals surface area contributed by atoms with E-state index in [1.807, 2.05) is 42.5 Å². The summed E-state index contributed by atoms with van der Waals surface area (Å²) >= 11 is 0. The summed E-state index contributed by atoms with van der Waals surface area (Å²) in [5.41, 5.74) is 1.60. The van der Waals surface area contributed by atoms with Crippen LogP contribution in [-0.2, 0) is 16.6 Å². The number of carbonyl (C=O) groups is 1. The van der Waals surface area contributed by atoms with Crippen LogP contribution in [0, 0.1) is 5.92 Å². The van der Waals surface area contributed by atoms with Crippen molar-refractivity contribution in [2.75, 3.05) is 19.7 Å². The van der Waals surface area contributed by atoms with Gasteiger partial charge in [-0.05, 0) is 86.4 Å². The summed E-state index contributed by atoms with van der Waals surface area (Å²) in [6, 6.07) is 15.6. The van der Waals surface area contributed by atoms with Gasteiger partial charge < -0.3 is 14.6 Å². The number of likely N-dealkylation sites (tertiary alicyclic amines) is 1. The number of rotatable bonds is 6. The smallest absolute Gasteiger partial charge is 0.349 e. The van der Waals surface area contributed by atoms with E-state index >= 15 is 0 Å². The van der Waals surface area contributed by atoms with Gasteiger partial charge in [0.2, 0.25) is 0 Å². The third kappa shape index (κ3) is 4.26. The summed E-state index contributed by atoms with van der Waals surface area (Å²) in [6.45, 7) is 2.06. The maximum Gasteiger partial charge on any atom is 0.349 e. The summed E-state index contributed by atoms with van der Waals surface area (Å²) in [5.74, 6) is 1.60. The number of ether oxygens (including phenoxy) is 2. The molecular weight excluding hydrogens is 462 g/mol. The molecule has 35 heavy (non-hydrogen) atoms. The fraction of sp³-hybridized carbons (Fsp3) is 0.552. The molecule has 6 rings (SSSR count). The maximum atomic E-state index is 12.5. The van der Waals surface area contributed by atoms with E-state index in [9.17, 15) is 9.90 Å². The second-order valence-electron chi connectivity index (χ2n) is 10.9.